The van der Waals surface area contributed by atoms with Crippen molar-refractivity contribution in [3.8, 4) is 0 Å². The Morgan fingerprint density at radius 2 is 1.82 bits per heavy atom. The SMILES string of the molecule is CC(CCC(F)(F)F)[C@H]1CCC2C3CC[C@@H]4C[C@@H](C)CC[C@]4(C)C3C[C@@H]3O[C@@]231. The highest BCUT2D eigenvalue weighted by Crippen LogP contribution is 2.72. The van der Waals surface area contributed by atoms with Crippen LogP contribution in [-0.4, -0.2) is 17.9 Å². The Kier molecular flexibility index (Phi) is 4.48. The van der Waals surface area contributed by atoms with Gasteiger partial charge in [-0.1, -0.05) is 27.2 Å². The van der Waals surface area contributed by atoms with E-state index in [1.54, 1.807) is 0 Å². The van der Waals surface area contributed by atoms with Crippen LogP contribution >= 0.6 is 0 Å². The molecule has 0 radical (unpaired) electrons. The standard InChI is InChI=1S/C24H37F3O/c1-14-8-10-22(3)16(12-14)4-5-17-19-7-6-18(15(2)9-11-23(25,26)27)24(19)21(28-24)13-20(17)22/h14-21H,4-13H2,1-3H3/t14-,15?,16+,17?,18+,19?,20?,21-,22-,24-/m0/s1. The average molecular weight is 399 g/mol. The van der Waals surface area contributed by atoms with Gasteiger partial charge < -0.3 is 4.74 Å². The van der Waals surface area contributed by atoms with Crippen molar-refractivity contribution in [2.24, 2.45) is 46.8 Å². The maximum atomic E-state index is 12.8. The number of alkyl halides is 3. The molecular weight excluding hydrogens is 361 g/mol. The van der Waals surface area contributed by atoms with Gasteiger partial charge in [0.2, 0.25) is 0 Å². The molecule has 0 N–H and O–H groups in total. The van der Waals surface area contributed by atoms with Crippen LogP contribution in [0.4, 0.5) is 13.2 Å². The van der Waals surface area contributed by atoms with Crippen molar-refractivity contribution in [1.29, 1.82) is 0 Å². The van der Waals surface area contributed by atoms with Crippen LogP contribution in [0.3, 0.4) is 0 Å². The molecule has 1 heterocycles. The Bertz CT molecular complexity index is 617. The van der Waals surface area contributed by atoms with Crippen LogP contribution in [0.25, 0.3) is 0 Å². The van der Waals surface area contributed by atoms with Crippen molar-refractivity contribution in [3.05, 3.63) is 0 Å². The molecule has 1 aliphatic heterocycles. The molecule has 5 aliphatic rings. The molecule has 5 fully saturated rings. The first-order valence-electron chi connectivity index (χ1n) is 11.9. The zero-order chi connectivity index (χ0) is 19.9. The number of ether oxygens (including phenoxy) is 1. The third-order valence-electron chi connectivity index (χ3n) is 10.3. The van der Waals surface area contributed by atoms with Crippen molar-refractivity contribution >= 4 is 0 Å². The third-order valence-corrected chi connectivity index (χ3v) is 10.3. The van der Waals surface area contributed by atoms with Gasteiger partial charge in [-0.15, -0.1) is 0 Å². The molecule has 4 heteroatoms. The highest BCUT2D eigenvalue weighted by molar-refractivity contribution is 5.22. The lowest BCUT2D eigenvalue weighted by Crippen LogP contribution is -2.53. The summed E-state index contributed by atoms with van der Waals surface area (Å²) in [5.41, 5.74) is 0.435. The summed E-state index contributed by atoms with van der Waals surface area (Å²) < 4.78 is 44.8. The summed E-state index contributed by atoms with van der Waals surface area (Å²) in [5.74, 6) is 4.39. The molecule has 28 heavy (non-hydrogen) atoms. The van der Waals surface area contributed by atoms with E-state index in [0.29, 0.717) is 23.4 Å². The number of rotatable bonds is 3. The Balaban J connectivity index is 1.34. The molecule has 4 unspecified atom stereocenters. The molecule has 1 spiro atoms. The van der Waals surface area contributed by atoms with Crippen molar-refractivity contribution in [2.45, 2.75) is 103 Å². The Morgan fingerprint density at radius 1 is 1.04 bits per heavy atom. The van der Waals surface area contributed by atoms with E-state index in [1.165, 1.54) is 44.9 Å². The number of fused-ring (bicyclic) bond motifs is 4. The molecule has 1 saturated heterocycles. The first-order valence-corrected chi connectivity index (χ1v) is 11.9. The monoisotopic (exact) mass is 398 g/mol. The maximum Gasteiger partial charge on any atom is 0.389 e. The van der Waals surface area contributed by atoms with Crippen molar-refractivity contribution in [3.63, 3.8) is 0 Å². The van der Waals surface area contributed by atoms with Gasteiger partial charge in [-0.05, 0) is 98.2 Å². The minimum atomic E-state index is -4.03. The zero-order valence-electron chi connectivity index (χ0n) is 17.7. The second kappa shape index (κ2) is 6.37. The van der Waals surface area contributed by atoms with Crippen LogP contribution in [0.1, 0.15) is 85.0 Å². The molecule has 160 valence electrons. The second-order valence-electron chi connectivity index (χ2n) is 11.5. The number of halogens is 3. The molecule has 0 amide bonds. The molecule has 10 atom stereocenters. The van der Waals surface area contributed by atoms with Crippen LogP contribution in [0.5, 0.6) is 0 Å². The summed E-state index contributed by atoms with van der Waals surface area (Å²) in [6, 6.07) is 0. The predicted molar refractivity (Wildman–Crippen MR) is 104 cm³/mol. The van der Waals surface area contributed by atoms with Crippen molar-refractivity contribution in [1.82, 2.24) is 0 Å². The second-order valence-corrected chi connectivity index (χ2v) is 11.5. The number of hydrogen-bond acceptors (Lipinski definition) is 1. The van der Waals surface area contributed by atoms with Gasteiger partial charge in [0.25, 0.3) is 0 Å². The Labute approximate surface area is 168 Å². The van der Waals surface area contributed by atoms with Crippen LogP contribution in [-0.2, 0) is 4.74 Å². The summed E-state index contributed by atoms with van der Waals surface area (Å²) in [6.45, 7) is 7.05. The third kappa shape index (κ3) is 2.82. The lowest BCUT2D eigenvalue weighted by Gasteiger charge is -2.58. The Morgan fingerprint density at radius 3 is 2.57 bits per heavy atom. The largest absolute Gasteiger partial charge is 0.389 e. The van der Waals surface area contributed by atoms with E-state index in [9.17, 15) is 13.2 Å². The van der Waals surface area contributed by atoms with Gasteiger partial charge in [0.15, 0.2) is 0 Å². The quantitative estimate of drug-likeness (QED) is 0.466. The molecule has 0 aromatic heterocycles. The Hall–Kier alpha value is -0.250. The maximum absolute atomic E-state index is 12.8. The van der Waals surface area contributed by atoms with Crippen LogP contribution in [0, 0.1) is 46.8 Å². The minimum Gasteiger partial charge on any atom is -0.365 e. The van der Waals surface area contributed by atoms with Crippen LogP contribution < -0.4 is 0 Å². The lowest BCUT2D eigenvalue weighted by molar-refractivity contribution is -0.138. The molecule has 0 bridgehead atoms. The molecule has 1 nitrogen and oxygen atoms in total. The summed E-state index contributed by atoms with van der Waals surface area (Å²) in [4.78, 5) is 0. The number of epoxide rings is 1. The van der Waals surface area contributed by atoms with Crippen molar-refractivity contribution in [2.75, 3.05) is 0 Å². The average Bonchev–Trinajstić information content (AvgIpc) is 3.22. The first kappa shape index (κ1) is 19.7. The van der Waals surface area contributed by atoms with E-state index in [0.717, 1.165) is 30.1 Å². The predicted octanol–water partition coefficient (Wildman–Crippen LogP) is 7.00. The highest BCUT2D eigenvalue weighted by atomic mass is 19.4. The van der Waals surface area contributed by atoms with E-state index in [4.69, 9.17) is 4.74 Å². The minimum absolute atomic E-state index is 0.0443. The van der Waals surface area contributed by atoms with Gasteiger partial charge in [-0.3, -0.25) is 0 Å². The molecule has 5 rings (SSSR count). The van der Waals surface area contributed by atoms with Gasteiger partial charge in [0.05, 0.1) is 6.10 Å². The normalized spacial score (nSPS) is 53.6. The van der Waals surface area contributed by atoms with Gasteiger partial charge in [-0.2, -0.15) is 13.2 Å². The summed E-state index contributed by atoms with van der Waals surface area (Å²) in [6.07, 6.45) is 6.25. The fourth-order valence-corrected chi connectivity index (χ4v) is 8.86. The summed E-state index contributed by atoms with van der Waals surface area (Å²) in [7, 11) is 0. The fraction of sp³-hybridized carbons (Fsp3) is 1.00. The van der Waals surface area contributed by atoms with E-state index < -0.39 is 12.6 Å². The smallest absolute Gasteiger partial charge is 0.365 e. The molecule has 0 aromatic rings. The van der Waals surface area contributed by atoms with E-state index in [2.05, 4.69) is 20.8 Å². The first-order chi connectivity index (χ1) is 13.1. The van der Waals surface area contributed by atoms with E-state index >= 15 is 0 Å². The molecule has 4 saturated carbocycles. The summed E-state index contributed by atoms with van der Waals surface area (Å²) >= 11 is 0. The van der Waals surface area contributed by atoms with Gasteiger partial charge in [-0.25, -0.2) is 0 Å². The van der Waals surface area contributed by atoms with E-state index in [1.807, 2.05) is 0 Å². The van der Waals surface area contributed by atoms with Crippen LogP contribution in [0.2, 0.25) is 0 Å². The van der Waals surface area contributed by atoms with Gasteiger partial charge >= 0.3 is 6.18 Å². The molecule has 4 aliphatic carbocycles. The van der Waals surface area contributed by atoms with Crippen molar-refractivity contribution < 1.29 is 17.9 Å². The fourth-order valence-electron chi connectivity index (χ4n) is 8.86. The van der Waals surface area contributed by atoms with Gasteiger partial charge in [0, 0.05) is 6.42 Å². The lowest BCUT2D eigenvalue weighted by atomic mass is 9.46. The number of hydrogen-bond donors (Lipinski definition) is 0. The molecular formula is C24H37F3O. The topological polar surface area (TPSA) is 12.5 Å². The zero-order valence-corrected chi connectivity index (χ0v) is 17.7. The summed E-state index contributed by atoms with van der Waals surface area (Å²) in [5, 5.41) is 0. The van der Waals surface area contributed by atoms with E-state index in [-0.39, 0.29) is 17.9 Å². The van der Waals surface area contributed by atoms with Gasteiger partial charge in [0.1, 0.15) is 5.60 Å². The highest BCUT2D eigenvalue weighted by Gasteiger charge is 2.75. The van der Waals surface area contributed by atoms with Crippen LogP contribution in [0.15, 0.2) is 0 Å². The molecule has 0 aromatic carbocycles.